The van der Waals surface area contributed by atoms with Gasteiger partial charge in [-0.3, -0.25) is 4.90 Å². The van der Waals surface area contributed by atoms with Crippen LogP contribution < -0.4 is 4.74 Å². The van der Waals surface area contributed by atoms with Crippen LogP contribution >= 0.6 is 0 Å². The first-order chi connectivity index (χ1) is 12.7. The lowest BCUT2D eigenvalue weighted by atomic mass is 9.73. The van der Waals surface area contributed by atoms with Crippen LogP contribution in [0.25, 0.3) is 22.1 Å². The van der Waals surface area contributed by atoms with Gasteiger partial charge in [-0.25, -0.2) is 4.98 Å². The lowest BCUT2D eigenvalue weighted by Crippen LogP contribution is -2.61. The van der Waals surface area contributed by atoms with Crippen molar-refractivity contribution in [2.75, 3.05) is 19.6 Å². The van der Waals surface area contributed by atoms with E-state index in [2.05, 4.69) is 9.88 Å². The molecule has 0 aliphatic carbocycles. The molecule has 1 aromatic carbocycles. The second-order valence-corrected chi connectivity index (χ2v) is 7.83. The monoisotopic (exact) mass is 350 g/mol. The van der Waals surface area contributed by atoms with Gasteiger partial charge in [0.25, 0.3) is 6.01 Å². The number of hydrogen-bond acceptors (Lipinski definition) is 4. The minimum atomic E-state index is -0.551. The summed E-state index contributed by atoms with van der Waals surface area (Å²) >= 11 is 0. The van der Waals surface area contributed by atoms with Crippen molar-refractivity contribution < 1.29 is 13.5 Å². The summed E-state index contributed by atoms with van der Waals surface area (Å²) in [6.07, 6.45) is 4.96. The standard InChI is InChI=1S/C21H19FN2O2/c22-19-18(16-3-1-2-4-17(16)25-19)14-9-13-10-21(26-20(13)23-11-14)12-24-7-5-15(21)6-8-24/h1-4,9,11,15H,5-8,10,12H2/t21-/m0/s1. The Morgan fingerprint density at radius 2 is 2.04 bits per heavy atom. The molecule has 7 rings (SSSR count). The summed E-state index contributed by atoms with van der Waals surface area (Å²) < 4.78 is 26.2. The molecule has 1 spiro atoms. The quantitative estimate of drug-likeness (QED) is 0.664. The van der Waals surface area contributed by atoms with Gasteiger partial charge in [0.05, 0.1) is 5.56 Å². The fraction of sp³-hybridized carbons (Fsp3) is 0.381. The van der Waals surface area contributed by atoms with Crippen molar-refractivity contribution in [3.8, 4) is 17.0 Å². The van der Waals surface area contributed by atoms with Crippen LogP contribution in [-0.4, -0.2) is 35.1 Å². The molecule has 6 heterocycles. The molecule has 132 valence electrons. The Hall–Kier alpha value is -2.40. The molecular weight excluding hydrogens is 331 g/mol. The molecule has 1 atom stereocenters. The van der Waals surface area contributed by atoms with Crippen molar-refractivity contribution in [2.24, 2.45) is 5.92 Å². The number of furan rings is 1. The highest BCUT2D eigenvalue weighted by molar-refractivity contribution is 5.94. The number of rotatable bonds is 1. The van der Waals surface area contributed by atoms with E-state index in [0.29, 0.717) is 17.1 Å². The minimum Gasteiger partial charge on any atom is -0.469 e. The molecule has 4 aliphatic rings. The first-order valence-corrected chi connectivity index (χ1v) is 9.30. The normalized spacial score (nSPS) is 29.3. The maximum absolute atomic E-state index is 14.5. The molecule has 0 unspecified atom stereocenters. The zero-order valence-electron chi connectivity index (χ0n) is 14.4. The summed E-state index contributed by atoms with van der Waals surface area (Å²) in [7, 11) is 0. The van der Waals surface area contributed by atoms with E-state index >= 15 is 0 Å². The molecule has 0 radical (unpaired) electrons. The Morgan fingerprint density at radius 1 is 1.19 bits per heavy atom. The van der Waals surface area contributed by atoms with E-state index in [4.69, 9.17) is 9.15 Å². The zero-order chi connectivity index (χ0) is 17.3. The minimum absolute atomic E-state index is 0.137. The van der Waals surface area contributed by atoms with Crippen molar-refractivity contribution >= 4 is 11.0 Å². The van der Waals surface area contributed by atoms with Crippen LogP contribution in [0.15, 0.2) is 40.9 Å². The van der Waals surface area contributed by atoms with Crippen molar-refractivity contribution in [1.82, 2.24) is 9.88 Å². The average molecular weight is 350 g/mol. The summed E-state index contributed by atoms with van der Waals surface area (Å²) in [4.78, 5) is 7.04. The third-order valence-corrected chi connectivity index (χ3v) is 6.38. The van der Waals surface area contributed by atoms with Crippen LogP contribution in [0.5, 0.6) is 5.88 Å². The van der Waals surface area contributed by atoms with Gasteiger partial charge in [0.15, 0.2) is 0 Å². The van der Waals surface area contributed by atoms with Crippen molar-refractivity contribution in [3.05, 3.63) is 48.1 Å². The molecule has 2 aromatic heterocycles. The van der Waals surface area contributed by atoms with Crippen LogP contribution in [0.1, 0.15) is 18.4 Å². The van der Waals surface area contributed by atoms with Gasteiger partial charge in [0, 0.05) is 41.6 Å². The van der Waals surface area contributed by atoms with Gasteiger partial charge in [0.1, 0.15) is 11.2 Å². The Bertz CT molecular complexity index is 1020. The highest BCUT2D eigenvalue weighted by atomic mass is 19.1. The predicted molar refractivity (Wildman–Crippen MR) is 95.6 cm³/mol. The number of para-hydroxylation sites is 1. The number of halogens is 1. The topological polar surface area (TPSA) is 38.5 Å². The summed E-state index contributed by atoms with van der Waals surface area (Å²) in [6.45, 7) is 3.33. The van der Waals surface area contributed by atoms with Gasteiger partial charge in [0.2, 0.25) is 5.88 Å². The molecule has 4 nitrogen and oxygen atoms in total. The van der Waals surface area contributed by atoms with E-state index in [9.17, 15) is 4.39 Å². The number of aromatic nitrogens is 1. The molecular formula is C21H19FN2O2. The molecule has 26 heavy (non-hydrogen) atoms. The van der Waals surface area contributed by atoms with E-state index in [1.165, 1.54) is 25.9 Å². The van der Waals surface area contributed by atoms with Gasteiger partial charge in [-0.15, -0.1) is 0 Å². The second kappa shape index (κ2) is 5.07. The summed E-state index contributed by atoms with van der Waals surface area (Å²) in [5.74, 6) is 1.31. The van der Waals surface area contributed by atoms with Crippen LogP contribution in [-0.2, 0) is 6.42 Å². The molecule has 5 heteroatoms. The lowest BCUT2D eigenvalue weighted by molar-refractivity contribution is -0.0814. The Kier molecular flexibility index (Phi) is 2.87. The Morgan fingerprint density at radius 3 is 2.85 bits per heavy atom. The van der Waals surface area contributed by atoms with E-state index in [0.717, 1.165) is 35.4 Å². The second-order valence-electron chi connectivity index (χ2n) is 7.83. The van der Waals surface area contributed by atoms with E-state index in [-0.39, 0.29) is 5.60 Å². The van der Waals surface area contributed by atoms with Gasteiger partial charge in [-0.2, -0.15) is 4.39 Å². The van der Waals surface area contributed by atoms with Crippen molar-refractivity contribution in [2.45, 2.75) is 24.9 Å². The molecule has 2 bridgehead atoms. The molecule has 0 N–H and O–H groups in total. The summed E-state index contributed by atoms with van der Waals surface area (Å²) in [5.41, 5.74) is 2.76. The number of pyridine rings is 1. The smallest absolute Gasteiger partial charge is 0.286 e. The van der Waals surface area contributed by atoms with Crippen molar-refractivity contribution in [1.29, 1.82) is 0 Å². The third kappa shape index (κ3) is 1.95. The van der Waals surface area contributed by atoms with E-state index in [1.54, 1.807) is 12.3 Å². The molecule has 3 saturated heterocycles. The molecule has 0 saturated carbocycles. The number of ether oxygens (including phenoxy) is 1. The number of nitrogens with zero attached hydrogens (tertiary/aromatic N) is 2. The molecule has 3 fully saturated rings. The summed E-state index contributed by atoms with van der Waals surface area (Å²) in [6, 6.07) is 8.90. The largest absolute Gasteiger partial charge is 0.469 e. The first-order valence-electron chi connectivity index (χ1n) is 9.30. The van der Waals surface area contributed by atoms with Crippen molar-refractivity contribution in [3.63, 3.8) is 0 Å². The molecule has 3 aromatic rings. The first kappa shape index (κ1) is 14.7. The Balaban J connectivity index is 1.42. The van der Waals surface area contributed by atoms with E-state index in [1.807, 2.05) is 24.3 Å². The van der Waals surface area contributed by atoms with Gasteiger partial charge in [-0.1, -0.05) is 18.2 Å². The number of benzene rings is 1. The van der Waals surface area contributed by atoms with Gasteiger partial charge < -0.3 is 9.15 Å². The van der Waals surface area contributed by atoms with E-state index < -0.39 is 6.01 Å². The lowest BCUT2D eigenvalue weighted by Gasteiger charge is -2.50. The molecule has 0 amide bonds. The highest BCUT2D eigenvalue weighted by Gasteiger charge is 2.52. The summed E-state index contributed by atoms with van der Waals surface area (Å²) in [5, 5.41) is 0.781. The van der Waals surface area contributed by atoms with Crippen LogP contribution in [0.3, 0.4) is 0 Å². The van der Waals surface area contributed by atoms with Crippen LogP contribution in [0.2, 0.25) is 0 Å². The molecule has 4 aliphatic heterocycles. The maximum atomic E-state index is 14.5. The fourth-order valence-corrected chi connectivity index (χ4v) is 5.13. The highest BCUT2D eigenvalue weighted by Crippen LogP contribution is 2.47. The average Bonchev–Trinajstić information content (AvgIpc) is 3.18. The SMILES string of the molecule is Fc1oc2ccccc2c1-c1cnc2c(c1)C[C@@]1(CN3CCC1CC3)O2. The van der Waals surface area contributed by atoms with Gasteiger partial charge >= 0.3 is 0 Å². The van der Waals surface area contributed by atoms with Crippen LogP contribution in [0, 0.1) is 11.9 Å². The Labute approximate surface area is 150 Å². The number of hydrogen-bond donors (Lipinski definition) is 0. The fourth-order valence-electron chi connectivity index (χ4n) is 5.13. The van der Waals surface area contributed by atoms with Gasteiger partial charge in [-0.05, 0) is 38.1 Å². The third-order valence-electron chi connectivity index (χ3n) is 6.38. The predicted octanol–water partition coefficient (Wildman–Crippen LogP) is 4.03. The van der Waals surface area contributed by atoms with Crippen LogP contribution in [0.4, 0.5) is 4.39 Å². The number of fused-ring (bicyclic) bond motifs is 4. The maximum Gasteiger partial charge on any atom is 0.286 e. The number of piperidine rings is 3. The zero-order valence-corrected chi connectivity index (χ0v) is 14.4.